The van der Waals surface area contributed by atoms with Gasteiger partial charge in [-0.25, -0.2) is 0 Å². The number of carboxylic acids is 1. The molecule has 0 radical (unpaired) electrons. The summed E-state index contributed by atoms with van der Waals surface area (Å²) in [7, 11) is 0. The molecule has 0 unspecified atom stereocenters. The van der Waals surface area contributed by atoms with Gasteiger partial charge in [0.1, 0.15) is 0 Å². The number of nitrogens with zero attached hydrogens (tertiary/aromatic N) is 1. The van der Waals surface area contributed by atoms with Gasteiger partial charge in [0.25, 0.3) is 0 Å². The molecule has 1 aromatic heterocycles. The molecule has 0 fully saturated rings. The van der Waals surface area contributed by atoms with E-state index in [1.165, 1.54) is 0 Å². The third-order valence-electron chi connectivity index (χ3n) is 3.25. The Morgan fingerprint density at radius 1 is 1.19 bits per heavy atom. The van der Waals surface area contributed by atoms with Gasteiger partial charge in [0, 0.05) is 24.2 Å². The fraction of sp³-hybridized carbons (Fsp3) is 0.375. The number of hydrogen-bond donors (Lipinski definition) is 3. The van der Waals surface area contributed by atoms with Gasteiger partial charge in [-0.05, 0) is 31.4 Å². The van der Waals surface area contributed by atoms with Crippen molar-refractivity contribution in [3.05, 3.63) is 36.0 Å². The topological polar surface area (TPSA) is 82.5 Å². The zero-order valence-electron chi connectivity index (χ0n) is 11.9. The molecule has 0 aliphatic heterocycles. The fourth-order valence-electron chi connectivity index (χ4n) is 2.26. The summed E-state index contributed by atoms with van der Waals surface area (Å²) in [5.74, 6) is -0.883. The van der Waals surface area contributed by atoms with Crippen LogP contribution in [-0.4, -0.2) is 34.3 Å². The maximum absolute atomic E-state index is 10.9. The molecular weight excluding hydrogens is 268 g/mol. The van der Waals surface area contributed by atoms with Crippen molar-refractivity contribution in [2.45, 2.75) is 25.7 Å². The highest BCUT2D eigenvalue weighted by atomic mass is 16.4. The number of nitrogens with one attached hydrogen (secondary N) is 1. The molecule has 5 nitrogen and oxygen atoms in total. The van der Waals surface area contributed by atoms with E-state index in [0.29, 0.717) is 5.69 Å². The number of carboxylic acid groups (broad SMARTS) is 1. The molecule has 2 aromatic rings. The molecule has 0 bridgehead atoms. The van der Waals surface area contributed by atoms with Gasteiger partial charge >= 0.3 is 5.97 Å². The van der Waals surface area contributed by atoms with Crippen LogP contribution in [-0.2, 0) is 11.2 Å². The first-order chi connectivity index (χ1) is 10.2. The van der Waals surface area contributed by atoms with Gasteiger partial charge in [-0.3, -0.25) is 9.78 Å². The van der Waals surface area contributed by atoms with Gasteiger partial charge in [-0.1, -0.05) is 18.2 Å². The molecular formula is C16H20N2O3. The second-order valence-electron chi connectivity index (χ2n) is 4.96. The lowest BCUT2D eigenvalue weighted by molar-refractivity contribution is -0.136. The second kappa shape index (κ2) is 7.59. The van der Waals surface area contributed by atoms with Crippen LogP contribution in [0.1, 0.15) is 25.0 Å². The van der Waals surface area contributed by atoms with Crippen LogP contribution in [0.5, 0.6) is 0 Å². The molecule has 0 atom stereocenters. The van der Waals surface area contributed by atoms with E-state index in [0.717, 1.165) is 42.4 Å². The standard InChI is InChI=1S/C16H20N2O3/c19-9-5-1-4-8-17-15-10-12(11-16(20)21)18-14-7-3-2-6-13(14)15/h2-3,6-7,10,19H,1,4-5,8-9,11H2,(H,17,18)(H,20,21). The van der Waals surface area contributed by atoms with Gasteiger partial charge in [0.2, 0.25) is 0 Å². The van der Waals surface area contributed by atoms with Crippen molar-refractivity contribution in [1.82, 2.24) is 4.98 Å². The number of unbranched alkanes of at least 4 members (excludes halogenated alkanes) is 2. The Hall–Kier alpha value is -2.14. The molecule has 0 aliphatic carbocycles. The van der Waals surface area contributed by atoms with Crippen molar-refractivity contribution in [2.75, 3.05) is 18.5 Å². The molecule has 0 saturated heterocycles. The highest BCUT2D eigenvalue weighted by molar-refractivity contribution is 5.91. The molecule has 1 aromatic carbocycles. The smallest absolute Gasteiger partial charge is 0.309 e. The minimum atomic E-state index is -0.883. The van der Waals surface area contributed by atoms with Gasteiger partial charge < -0.3 is 15.5 Å². The van der Waals surface area contributed by atoms with Crippen molar-refractivity contribution in [1.29, 1.82) is 0 Å². The number of anilines is 1. The Morgan fingerprint density at radius 2 is 2.00 bits per heavy atom. The normalized spacial score (nSPS) is 10.7. The van der Waals surface area contributed by atoms with Crippen LogP contribution < -0.4 is 5.32 Å². The molecule has 0 saturated carbocycles. The highest BCUT2D eigenvalue weighted by Gasteiger charge is 2.08. The minimum Gasteiger partial charge on any atom is -0.481 e. The van der Waals surface area contributed by atoms with Crippen molar-refractivity contribution < 1.29 is 15.0 Å². The van der Waals surface area contributed by atoms with Crippen molar-refractivity contribution in [2.24, 2.45) is 0 Å². The van der Waals surface area contributed by atoms with E-state index in [2.05, 4.69) is 10.3 Å². The van der Waals surface area contributed by atoms with Gasteiger partial charge in [0.05, 0.1) is 17.6 Å². The Balaban J connectivity index is 2.16. The van der Waals surface area contributed by atoms with Crippen molar-refractivity contribution in [3.8, 4) is 0 Å². The first-order valence-corrected chi connectivity index (χ1v) is 7.16. The van der Waals surface area contributed by atoms with E-state index in [9.17, 15) is 4.79 Å². The summed E-state index contributed by atoms with van der Waals surface area (Å²) < 4.78 is 0. The number of aromatic nitrogens is 1. The van der Waals surface area contributed by atoms with E-state index < -0.39 is 5.97 Å². The Labute approximate surface area is 123 Å². The predicted molar refractivity (Wildman–Crippen MR) is 82.5 cm³/mol. The molecule has 1 heterocycles. The van der Waals surface area contributed by atoms with Crippen LogP contribution in [0.4, 0.5) is 5.69 Å². The average molecular weight is 288 g/mol. The Kier molecular flexibility index (Phi) is 5.51. The summed E-state index contributed by atoms with van der Waals surface area (Å²) in [6.07, 6.45) is 2.66. The van der Waals surface area contributed by atoms with E-state index in [1.807, 2.05) is 30.3 Å². The van der Waals surface area contributed by atoms with Gasteiger partial charge in [-0.15, -0.1) is 0 Å². The molecule has 3 N–H and O–H groups in total. The number of aliphatic hydroxyl groups is 1. The lowest BCUT2D eigenvalue weighted by Gasteiger charge is -2.11. The summed E-state index contributed by atoms with van der Waals surface area (Å²) in [5, 5.41) is 22.0. The number of rotatable bonds is 8. The lowest BCUT2D eigenvalue weighted by Crippen LogP contribution is -2.06. The quantitative estimate of drug-likeness (QED) is 0.650. The predicted octanol–water partition coefficient (Wildman–Crippen LogP) is 2.44. The number of aliphatic carboxylic acids is 1. The van der Waals surface area contributed by atoms with Crippen LogP contribution >= 0.6 is 0 Å². The maximum Gasteiger partial charge on any atom is 0.309 e. The lowest BCUT2D eigenvalue weighted by atomic mass is 10.1. The molecule has 112 valence electrons. The van der Waals surface area contributed by atoms with E-state index in [4.69, 9.17) is 10.2 Å². The van der Waals surface area contributed by atoms with Gasteiger partial charge in [-0.2, -0.15) is 0 Å². The fourth-order valence-corrected chi connectivity index (χ4v) is 2.26. The van der Waals surface area contributed by atoms with Crippen molar-refractivity contribution in [3.63, 3.8) is 0 Å². The Morgan fingerprint density at radius 3 is 2.76 bits per heavy atom. The number of pyridine rings is 1. The molecule has 0 spiro atoms. The number of hydrogen-bond acceptors (Lipinski definition) is 4. The van der Waals surface area contributed by atoms with Crippen LogP contribution in [0.15, 0.2) is 30.3 Å². The number of para-hydroxylation sites is 1. The third-order valence-corrected chi connectivity index (χ3v) is 3.25. The highest BCUT2D eigenvalue weighted by Crippen LogP contribution is 2.23. The SMILES string of the molecule is O=C(O)Cc1cc(NCCCCCO)c2ccccc2n1. The molecule has 5 heteroatoms. The number of fused-ring (bicyclic) bond motifs is 1. The Bertz CT molecular complexity index is 613. The van der Waals surface area contributed by atoms with Crippen LogP contribution in [0.2, 0.25) is 0 Å². The zero-order chi connectivity index (χ0) is 15.1. The first-order valence-electron chi connectivity index (χ1n) is 7.16. The molecule has 2 rings (SSSR count). The zero-order valence-corrected chi connectivity index (χ0v) is 11.9. The summed E-state index contributed by atoms with van der Waals surface area (Å²) in [6.45, 7) is 1.02. The average Bonchev–Trinajstić information content (AvgIpc) is 2.46. The summed E-state index contributed by atoms with van der Waals surface area (Å²) in [5.41, 5.74) is 2.27. The van der Waals surface area contributed by atoms with E-state index in [-0.39, 0.29) is 13.0 Å². The van der Waals surface area contributed by atoms with E-state index >= 15 is 0 Å². The monoisotopic (exact) mass is 288 g/mol. The van der Waals surface area contributed by atoms with Crippen LogP contribution in [0.3, 0.4) is 0 Å². The number of benzene rings is 1. The molecule has 21 heavy (non-hydrogen) atoms. The third kappa shape index (κ3) is 4.43. The summed E-state index contributed by atoms with van der Waals surface area (Å²) in [6, 6.07) is 9.51. The largest absolute Gasteiger partial charge is 0.481 e. The van der Waals surface area contributed by atoms with Crippen LogP contribution in [0, 0.1) is 0 Å². The number of carbonyl (C=O) groups is 1. The van der Waals surface area contributed by atoms with Crippen LogP contribution in [0.25, 0.3) is 10.9 Å². The first kappa shape index (κ1) is 15.3. The minimum absolute atomic E-state index is 0.0793. The van der Waals surface area contributed by atoms with E-state index in [1.54, 1.807) is 0 Å². The van der Waals surface area contributed by atoms with Crippen molar-refractivity contribution >= 4 is 22.6 Å². The second-order valence-corrected chi connectivity index (χ2v) is 4.96. The summed E-state index contributed by atoms with van der Waals surface area (Å²) >= 11 is 0. The molecule has 0 aliphatic rings. The number of aliphatic hydroxyl groups excluding tert-OH is 1. The van der Waals surface area contributed by atoms with Gasteiger partial charge in [0.15, 0.2) is 0 Å². The maximum atomic E-state index is 10.9. The summed E-state index contributed by atoms with van der Waals surface area (Å²) in [4.78, 5) is 15.2. The molecule has 0 amide bonds.